The molecule has 1 heterocycles. The average molecular weight is 336 g/mol. The van der Waals surface area contributed by atoms with Gasteiger partial charge in [-0.05, 0) is 33.6 Å². The van der Waals surface area contributed by atoms with E-state index in [2.05, 4.69) is 15.9 Å². The lowest BCUT2D eigenvalue weighted by Gasteiger charge is -2.27. The number of nitrogens with two attached hydrogens (primary N) is 1. The van der Waals surface area contributed by atoms with Gasteiger partial charge in [0.1, 0.15) is 11.9 Å². The lowest BCUT2D eigenvalue weighted by molar-refractivity contribution is 0.186. The molecule has 0 aromatic heterocycles. The van der Waals surface area contributed by atoms with Crippen LogP contribution < -0.4 is 10.5 Å². The van der Waals surface area contributed by atoms with Crippen LogP contribution in [0.3, 0.4) is 0 Å². The lowest BCUT2D eigenvalue weighted by atomic mass is 10.1. The van der Waals surface area contributed by atoms with Crippen LogP contribution in [0.5, 0.6) is 5.75 Å². The molecule has 0 amide bonds. The number of aliphatic hydroxyl groups is 1. The van der Waals surface area contributed by atoms with Crippen molar-refractivity contribution in [2.75, 3.05) is 18.1 Å². The van der Waals surface area contributed by atoms with Crippen LogP contribution in [0.2, 0.25) is 0 Å². The molecule has 100 valence electrons. The highest BCUT2D eigenvalue weighted by molar-refractivity contribution is 9.10. The second-order valence-electron chi connectivity index (χ2n) is 4.26. The van der Waals surface area contributed by atoms with Crippen molar-refractivity contribution in [2.45, 2.75) is 12.2 Å². The number of aliphatic hydroxyl groups excluding tert-OH is 1. The quantitative estimate of drug-likeness (QED) is 0.841. The molecule has 1 aromatic rings. The van der Waals surface area contributed by atoms with E-state index in [1.165, 1.54) is 0 Å². The average Bonchev–Trinajstić information content (AvgIpc) is 2.28. The fraction of sp³-hybridized carbons (Fsp3) is 0.455. The van der Waals surface area contributed by atoms with E-state index in [9.17, 15) is 13.5 Å². The third-order valence-corrected chi connectivity index (χ3v) is 5.12. The standard InChI is InChI=1S/C11H14BrNO4S/c12-9-3-7(10(14)4-13)1-2-11(9)17-8-5-18(15,16)6-8/h1-3,8,10,14H,4-6,13H2. The van der Waals surface area contributed by atoms with Crippen LogP contribution in [0.15, 0.2) is 22.7 Å². The molecule has 1 aromatic carbocycles. The van der Waals surface area contributed by atoms with Crippen molar-refractivity contribution in [3.63, 3.8) is 0 Å². The van der Waals surface area contributed by atoms with Gasteiger partial charge in [0.15, 0.2) is 9.84 Å². The predicted molar refractivity (Wildman–Crippen MR) is 71.2 cm³/mol. The second kappa shape index (κ2) is 5.16. The molecule has 2 rings (SSSR count). The van der Waals surface area contributed by atoms with Crippen molar-refractivity contribution in [3.8, 4) is 5.75 Å². The molecule has 1 aliphatic rings. The van der Waals surface area contributed by atoms with E-state index in [1.807, 2.05) is 0 Å². The Bertz CT molecular complexity index is 534. The fourth-order valence-corrected chi connectivity index (χ4v) is 3.38. The number of halogens is 1. The van der Waals surface area contributed by atoms with Gasteiger partial charge in [-0.25, -0.2) is 8.42 Å². The van der Waals surface area contributed by atoms with Gasteiger partial charge in [0.2, 0.25) is 0 Å². The van der Waals surface area contributed by atoms with Gasteiger partial charge in [-0.1, -0.05) is 6.07 Å². The highest BCUT2D eigenvalue weighted by atomic mass is 79.9. The molecule has 5 nitrogen and oxygen atoms in total. The number of ether oxygens (including phenoxy) is 1. The zero-order valence-corrected chi connectivity index (χ0v) is 11.9. The van der Waals surface area contributed by atoms with E-state index in [0.717, 1.165) is 0 Å². The smallest absolute Gasteiger partial charge is 0.157 e. The van der Waals surface area contributed by atoms with Crippen LogP contribution in [0.1, 0.15) is 11.7 Å². The summed E-state index contributed by atoms with van der Waals surface area (Å²) in [6.45, 7) is 0.146. The van der Waals surface area contributed by atoms with Crippen LogP contribution >= 0.6 is 15.9 Å². The molecule has 1 fully saturated rings. The van der Waals surface area contributed by atoms with Crippen LogP contribution in [0, 0.1) is 0 Å². The monoisotopic (exact) mass is 335 g/mol. The number of benzene rings is 1. The molecule has 7 heteroatoms. The fourth-order valence-electron chi connectivity index (χ4n) is 1.72. The first-order valence-electron chi connectivity index (χ1n) is 5.46. The van der Waals surface area contributed by atoms with E-state index in [4.69, 9.17) is 10.5 Å². The Balaban J connectivity index is 2.06. The topological polar surface area (TPSA) is 89.6 Å². The van der Waals surface area contributed by atoms with Crippen molar-refractivity contribution < 1.29 is 18.3 Å². The maximum Gasteiger partial charge on any atom is 0.157 e. The molecule has 0 aliphatic carbocycles. The van der Waals surface area contributed by atoms with Gasteiger partial charge in [-0.2, -0.15) is 0 Å². The van der Waals surface area contributed by atoms with E-state index in [0.29, 0.717) is 15.8 Å². The van der Waals surface area contributed by atoms with Crippen molar-refractivity contribution in [2.24, 2.45) is 5.73 Å². The molecular weight excluding hydrogens is 322 g/mol. The molecule has 1 atom stereocenters. The summed E-state index contributed by atoms with van der Waals surface area (Å²) in [7, 11) is -2.89. The summed E-state index contributed by atoms with van der Waals surface area (Å²) in [4.78, 5) is 0. The number of rotatable bonds is 4. The Morgan fingerprint density at radius 2 is 2.17 bits per heavy atom. The minimum absolute atomic E-state index is 0.0621. The molecule has 0 spiro atoms. The van der Waals surface area contributed by atoms with E-state index < -0.39 is 15.9 Å². The first kappa shape index (κ1) is 13.8. The maximum absolute atomic E-state index is 11.0. The van der Waals surface area contributed by atoms with Crippen LogP contribution in [0.4, 0.5) is 0 Å². The molecule has 18 heavy (non-hydrogen) atoms. The van der Waals surface area contributed by atoms with E-state index in [1.54, 1.807) is 18.2 Å². The summed E-state index contributed by atoms with van der Waals surface area (Å²) in [6, 6.07) is 5.13. The van der Waals surface area contributed by atoms with Gasteiger partial charge in [0.05, 0.1) is 22.1 Å². The van der Waals surface area contributed by atoms with Gasteiger partial charge in [0, 0.05) is 6.54 Å². The number of hydrogen-bond donors (Lipinski definition) is 2. The van der Waals surface area contributed by atoms with Gasteiger partial charge in [-0.3, -0.25) is 0 Å². The van der Waals surface area contributed by atoms with Crippen molar-refractivity contribution in [3.05, 3.63) is 28.2 Å². The first-order valence-corrected chi connectivity index (χ1v) is 8.07. The predicted octanol–water partition coefficient (Wildman–Crippen LogP) is 0.617. The second-order valence-corrected chi connectivity index (χ2v) is 7.27. The third kappa shape index (κ3) is 3.03. The van der Waals surface area contributed by atoms with Gasteiger partial charge < -0.3 is 15.6 Å². The zero-order valence-electron chi connectivity index (χ0n) is 9.54. The Kier molecular flexibility index (Phi) is 3.96. The van der Waals surface area contributed by atoms with Gasteiger partial charge in [-0.15, -0.1) is 0 Å². The van der Waals surface area contributed by atoms with Crippen molar-refractivity contribution in [1.82, 2.24) is 0 Å². The third-order valence-electron chi connectivity index (χ3n) is 2.74. The molecular formula is C11H14BrNO4S. The zero-order chi connectivity index (χ0) is 13.3. The minimum Gasteiger partial charge on any atom is -0.487 e. The first-order chi connectivity index (χ1) is 8.41. The summed E-state index contributed by atoms with van der Waals surface area (Å²) in [5.41, 5.74) is 6.06. The Morgan fingerprint density at radius 3 is 2.67 bits per heavy atom. The molecule has 0 radical (unpaired) electrons. The normalized spacial score (nSPS) is 20.2. The molecule has 0 saturated carbocycles. The number of sulfone groups is 1. The van der Waals surface area contributed by atoms with Crippen molar-refractivity contribution in [1.29, 1.82) is 0 Å². The van der Waals surface area contributed by atoms with Crippen molar-refractivity contribution >= 4 is 25.8 Å². The van der Waals surface area contributed by atoms with Gasteiger partial charge in [0.25, 0.3) is 0 Å². The molecule has 1 aliphatic heterocycles. The SMILES string of the molecule is NCC(O)c1ccc(OC2CS(=O)(=O)C2)c(Br)c1. The summed E-state index contributed by atoms with van der Waals surface area (Å²) in [5, 5.41) is 9.59. The van der Waals surface area contributed by atoms with E-state index >= 15 is 0 Å². The van der Waals surface area contributed by atoms with Crippen LogP contribution in [-0.2, 0) is 9.84 Å². The lowest BCUT2D eigenvalue weighted by Crippen LogP contribution is -2.45. The maximum atomic E-state index is 11.0. The van der Waals surface area contributed by atoms with Crippen LogP contribution in [-0.4, -0.2) is 37.7 Å². The summed E-state index contributed by atoms with van der Waals surface area (Å²) in [5.74, 6) is 0.696. The summed E-state index contributed by atoms with van der Waals surface area (Å²) in [6.07, 6.45) is -0.990. The van der Waals surface area contributed by atoms with E-state index in [-0.39, 0.29) is 24.2 Å². The molecule has 1 saturated heterocycles. The highest BCUT2D eigenvalue weighted by Gasteiger charge is 2.35. The Morgan fingerprint density at radius 1 is 1.50 bits per heavy atom. The Hall–Kier alpha value is -0.630. The molecule has 0 bridgehead atoms. The minimum atomic E-state index is -2.89. The molecule has 3 N–H and O–H groups in total. The van der Waals surface area contributed by atoms with Gasteiger partial charge >= 0.3 is 0 Å². The summed E-state index contributed by atoms with van der Waals surface area (Å²) < 4.78 is 28.3. The van der Waals surface area contributed by atoms with Crippen LogP contribution in [0.25, 0.3) is 0 Å². The number of hydrogen-bond acceptors (Lipinski definition) is 5. The highest BCUT2D eigenvalue weighted by Crippen LogP contribution is 2.30. The largest absolute Gasteiger partial charge is 0.487 e. The summed E-state index contributed by atoms with van der Waals surface area (Å²) >= 11 is 3.33. The Labute approximate surface area is 114 Å². The molecule has 1 unspecified atom stereocenters.